The molecule has 0 aromatic heterocycles. The first-order valence-electron chi connectivity index (χ1n) is 1.03. The van der Waals surface area contributed by atoms with Gasteiger partial charge in [-0.15, -0.1) is 0 Å². The van der Waals surface area contributed by atoms with E-state index >= 15 is 0 Å². The summed E-state index contributed by atoms with van der Waals surface area (Å²) in [4.78, 5) is 15.3. The molecule has 0 aromatic carbocycles. The fraction of sp³-hybridized carbons (Fsp3) is 1.00. The molecule has 3 nitrogen and oxygen atoms in total. The van der Waals surface area contributed by atoms with Crippen molar-refractivity contribution >= 4 is 30.6 Å². The topological polar surface area (TPSA) is 57.5 Å². The Morgan fingerprint density at radius 2 is 1.67 bits per heavy atom. The van der Waals surface area contributed by atoms with Crippen LogP contribution in [0.3, 0.4) is 0 Å². The molecular formula is CH7MgO3P. The number of hydrogen-bond donors (Lipinski definition) is 2. The van der Waals surface area contributed by atoms with Gasteiger partial charge >= 0.3 is 30.6 Å². The van der Waals surface area contributed by atoms with Gasteiger partial charge in [-0.05, 0) is 0 Å². The second kappa shape index (κ2) is 2.99. The van der Waals surface area contributed by atoms with E-state index in [0.717, 1.165) is 6.66 Å². The molecule has 0 fully saturated rings. The van der Waals surface area contributed by atoms with Crippen molar-refractivity contribution in [1.29, 1.82) is 0 Å². The minimum atomic E-state index is -3.64. The third-order valence-corrected chi connectivity index (χ3v) is 0. The molecule has 0 unspecified atom stereocenters. The zero-order chi connectivity index (χ0) is 4.50. The fourth-order valence-electron chi connectivity index (χ4n) is 0. The van der Waals surface area contributed by atoms with Crippen molar-refractivity contribution in [2.75, 3.05) is 6.66 Å². The van der Waals surface area contributed by atoms with Crippen LogP contribution >= 0.6 is 7.60 Å². The van der Waals surface area contributed by atoms with Crippen molar-refractivity contribution in [2.45, 2.75) is 0 Å². The molecule has 0 heterocycles. The molecule has 0 saturated heterocycles. The van der Waals surface area contributed by atoms with E-state index in [0.29, 0.717) is 0 Å². The third kappa shape index (κ3) is 89.8. The van der Waals surface area contributed by atoms with Gasteiger partial charge in [-0.1, -0.05) is 0 Å². The van der Waals surface area contributed by atoms with Crippen LogP contribution in [0.1, 0.15) is 2.85 Å². The molecule has 0 radical (unpaired) electrons. The summed E-state index contributed by atoms with van der Waals surface area (Å²) in [6.07, 6.45) is 0. The summed E-state index contributed by atoms with van der Waals surface area (Å²) in [5.74, 6) is 0. The molecule has 0 atom stereocenters. The number of rotatable bonds is 0. The van der Waals surface area contributed by atoms with E-state index in [1.807, 2.05) is 0 Å². The summed E-state index contributed by atoms with van der Waals surface area (Å²) in [5, 5.41) is 0. The molecule has 6 heavy (non-hydrogen) atoms. The van der Waals surface area contributed by atoms with Crippen molar-refractivity contribution in [3.05, 3.63) is 0 Å². The van der Waals surface area contributed by atoms with Crippen LogP contribution in [-0.4, -0.2) is 39.5 Å². The van der Waals surface area contributed by atoms with Crippen LogP contribution < -0.4 is 0 Å². The van der Waals surface area contributed by atoms with E-state index < -0.39 is 7.60 Å². The molecule has 0 bridgehead atoms. The predicted molar refractivity (Wildman–Crippen MR) is 25.9 cm³/mol. The minimum absolute atomic E-state index is 0. The molecule has 0 aliphatic carbocycles. The average Bonchev–Trinajstić information content (AvgIpc) is 0.722. The van der Waals surface area contributed by atoms with Gasteiger partial charge in [-0.3, -0.25) is 4.57 Å². The smallest absolute Gasteiger partial charge is 1.00 e. The van der Waals surface area contributed by atoms with Crippen LogP contribution in [0, 0.1) is 0 Å². The molecule has 36 valence electrons. The van der Waals surface area contributed by atoms with Gasteiger partial charge in [0.15, 0.2) is 0 Å². The van der Waals surface area contributed by atoms with Gasteiger partial charge < -0.3 is 12.6 Å². The van der Waals surface area contributed by atoms with Crippen molar-refractivity contribution in [3.63, 3.8) is 0 Å². The Kier molecular flexibility index (Phi) is 4.99. The largest absolute Gasteiger partial charge is 2.00 e. The normalized spacial score (nSPS) is 9.83. The SMILES string of the molecule is CP(=O)(O)O.[H-].[H-].[Mg+2]. The van der Waals surface area contributed by atoms with Crippen molar-refractivity contribution < 1.29 is 17.2 Å². The maximum absolute atomic E-state index is 9.33. The van der Waals surface area contributed by atoms with Gasteiger partial charge in [-0.25, -0.2) is 0 Å². The number of hydrogen-bond acceptors (Lipinski definition) is 1. The van der Waals surface area contributed by atoms with Crippen LogP contribution in [0.15, 0.2) is 0 Å². The Labute approximate surface area is 55.0 Å². The first-order chi connectivity index (χ1) is 2.00. The van der Waals surface area contributed by atoms with Crippen LogP contribution in [0.4, 0.5) is 0 Å². The molecule has 0 aliphatic heterocycles. The quantitative estimate of drug-likeness (QED) is 0.341. The summed E-state index contributed by atoms with van der Waals surface area (Å²) in [6, 6.07) is 0. The maximum atomic E-state index is 9.33. The van der Waals surface area contributed by atoms with Crippen molar-refractivity contribution in [1.82, 2.24) is 0 Å². The molecule has 0 saturated carbocycles. The van der Waals surface area contributed by atoms with Gasteiger partial charge in [0.25, 0.3) is 0 Å². The van der Waals surface area contributed by atoms with E-state index in [2.05, 4.69) is 0 Å². The Balaban J connectivity index is -0.0000000267. The molecule has 0 aromatic rings. The van der Waals surface area contributed by atoms with Crippen LogP contribution in [0.2, 0.25) is 0 Å². The van der Waals surface area contributed by atoms with Gasteiger partial charge in [0.2, 0.25) is 0 Å². The Morgan fingerprint density at radius 1 is 1.67 bits per heavy atom. The molecule has 5 heteroatoms. The Hall–Kier alpha value is 0.916. The third-order valence-electron chi connectivity index (χ3n) is 0. The van der Waals surface area contributed by atoms with Crippen LogP contribution in [0.5, 0.6) is 0 Å². The van der Waals surface area contributed by atoms with Crippen molar-refractivity contribution in [2.24, 2.45) is 0 Å². The van der Waals surface area contributed by atoms with Gasteiger partial charge in [0, 0.05) is 6.66 Å². The maximum Gasteiger partial charge on any atom is 2.00 e. The van der Waals surface area contributed by atoms with Crippen molar-refractivity contribution in [3.8, 4) is 0 Å². The second-order valence-corrected chi connectivity index (χ2v) is 2.51. The second-order valence-electron chi connectivity index (χ2n) is 0.835. The van der Waals surface area contributed by atoms with E-state index in [1.54, 1.807) is 0 Å². The van der Waals surface area contributed by atoms with Gasteiger partial charge in [0.1, 0.15) is 0 Å². The summed E-state index contributed by atoms with van der Waals surface area (Å²) >= 11 is 0. The van der Waals surface area contributed by atoms with E-state index in [4.69, 9.17) is 9.79 Å². The zero-order valence-electron chi connectivity index (χ0n) is 5.46. The Morgan fingerprint density at radius 3 is 1.67 bits per heavy atom. The van der Waals surface area contributed by atoms with Gasteiger partial charge in [-0.2, -0.15) is 0 Å². The minimum Gasteiger partial charge on any atom is -1.00 e. The van der Waals surface area contributed by atoms with Gasteiger partial charge in [0.05, 0.1) is 0 Å². The zero-order valence-corrected chi connectivity index (χ0v) is 5.77. The summed E-state index contributed by atoms with van der Waals surface area (Å²) in [6.45, 7) is 0.854. The first-order valence-corrected chi connectivity index (χ1v) is 3.09. The fourth-order valence-corrected chi connectivity index (χ4v) is 0. The monoisotopic (exact) mass is 122 g/mol. The van der Waals surface area contributed by atoms with E-state index in [-0.39, 0.29) is 25.9 Å². The average molecular weight is 122 g/mol. The van der Waals surface area contributed by atoms with Crippen LogP contribution in [0.25, 0.3) is 0 Å². The van der Waals surface area contributed by atoms with E-state index in [9.17, 15) is 4.57 Å². The summed E-state index contributed by atoms with van der Waals surface area (Å²) in [5.41, 5.74) is 0. The molecule has 0 aliphatic rings. The summed E-state index contributed by atoms with van der Waals surface area (Å²) in [7, 11) is -3.64. The molecule has 0 amide bonds. The molecule has 0 rings (SSSR count). The Bertz CT molecular complexity index is 63.4. The summed E-state index contributed by atoms with van der Waals surface area (Å²) < 4.78 is 9.33. The van der Waals surface area contributed by atoms with E-state index in [1.165, 1.54) is 0 Å². The van der Waals surface area contributed by atoms with Crippen LogP contribution in [-0.2, 0) is 4.57 Å². The standard InChI is InChI=1S/CH5O3P.Mg.2H/c1-5(2,3)4;;;/h1H3,(H2,2,3,4);;;/q;+2;2*-1. The predicted octanol–water partition coefficient (Wildman–Crippen LogP) is -0.362. The molecular weight excluding hydrogens is 115 g/mol. The molecule has 0 spiro atoms. The molecule has 2 N–H and O–H groups in total. The first kappa shape index (κ1) is 10.0.